The van der Waals surface area contributed by atoms with E-state index in [1.54, 1.807) is 0 Å². The van der Waals surface area contributed by atoms with Crippen molar-refractivity contribution in [3.05, 3.63) is 24.3 Å². The van der Waals surface area contributed by atoms with Crippen molar-refractivity contribution in [3.63, 3.8) is 0 Å². The summed E-state index contributed by atoms with van der Waals surface area (Å²) in [7, 11) is -4.01. The fourth-order valence-electron chi connectivity index (χ4n) is 2.17. The minimum atomic E-state index is -4.90. The van der Waals surface area contributed by atoms with E-state index in [0.717, 1.165) is 18.2 Å². The van der Waals surface area contributed by atoms with Gasteiger partial charge in [-0.1, -0.05) is 6.07 Å². The number of hydrogen-bond donors (Lipinski definition) is 2. The second-order valence-electron chi connectivity index (χ2n) is 5.02. The molecule has 128 valence electrons. The van der Waals surface area contributed by atoms with E-state index >= 15 is 0 Å². The van der Waals surface area contributed by atoms with Gasteiger partial charge in [-0.15, -0.1) is 13.2 Å². The zero-order chi connectivity index (χ0) is 17.1. The van der Waals surface area contributed by atoms with E-state index in [9.17, 15) is 26.4 Å². The van der Waals surface area contributed by atoms with Gasteiger partial charge in [0.15, 0.2) is 0 Å². The lowest BCUT2D eigenvalue weighted by molar-refractivity contribution is -0.274. The highest BCUT2D eigenvalue weighted by Gasteiger charge is 2.31. The number of carbonyl (C=O) groups is 1. The Morgan fingerprint density at radius 3 is 2.70 bits per heavy atom. The molecule has 0 aromatic heterocycles. The minimum Gasteiger partial charge on any atom is -0.406 e. The molecule has 0 radical (unpaired) electrons. The highest BCUT2D eigenvalue weighted by Crippen LogP contribution is 2.25. The topological polar surface area (TPSA) is 84.5 Å². The molecular formula is C13H15F3N2O4S. The molecule has 0 saturated carbocycles. The average molecular weight is 352 g/mol. The van der Waals surface area contributed by atoms with Crippen LogP contribution in [0.5, 0.6) is 5.75 Å². The number of benzene rings is 1. The van der Waals surface area contributed by atoms with Gasteiger partial charge in [-0.05, 0) is 25.0 Å². The van der Waals surface area contributed by atoms with Crippen molar-refractivity contribution in [3.8, 4) is 5.75 Å². The number of halogens is 3. The number of hydrogen-bond acceptors (Lipinski definition) is 4. The van der Waals surface area contributed by atoms with Crippen LogP contribution in [0.4, 0.5) is 13.2 Å². The Labute approximate surface area is 131 Å². The molecule has 10 heteroatoms. The van der Waals surface area contributed by atoms with Gasteiger partial charge in [-0.25, -0.2) is 13.1 Å². The number of ether oxygens (including phenoxy) is 1. The van der Waals surface area contributed by atoms with E-state index in [1.807, 2.05) is 0 Å². The highest BCUT2D eigenvalue weighted by molar-refractivity contribution is 7.89. The quantitative estimate of drug-likeness (QED) is 0.861. The van der Waals surface area contributed by atoms with Crippen LogP contribution in [0, 0.1) is 0 Å². The van der Waals surface area contributed by atoms with Crippen LogP contribution in [0.25, 0.3) is 0 Å². The maximum absolute atomic E-state index is 12.3. The fraction of sp³-hybridized carbons (Fsp3) is 0.462. The van der Waals surface area contributed by atoms with E-state index in [2.05, 4.69) is 14.8 Å². The number of nitrogens with one attached hydrogen (secondary N) is 2. The maximum Gasteiger partial charge on any atom is 0.573 e. The van der Waals surface area contributed by atoms with E-state index < -0.39 is 28.2 Å². The van der Waals surface area contributed by atoms with Gasteiger partial charge in [-0.2, -0.15) is 0 Å². The third-order valence-electron chi connectivity index (χ3n) is 3.21. The Kier molecular flexibility index (Phi) is 5.15. The summed E-state index contributed by atoms with van der Waals surface area (Å²) in [5, 5.41) is 2.62. The third kappa shape index (κ3) is 5.39. The van der Waals surface area contributed by atoms with Gasteiger partial charge in [0, 0.05) is 25.1 Å². The van der Waals surface area contributed by atoms with Crippen molar-refractivity contribution >= 4 is 15.9 Å². The zero-order valence-corrected chi connectivity index (χ0v) is 12.7. The predicted octanol–water partition coefficient (Wildman–Crippen LogP) is 1.53. The monoisotopic (exact) mass is 352 g/mol. The molecule has 1 aliphatic rings. The first-order chi connectivity index (χ1) is 10.7. The summed E-state index contributed by atoms with van der Waals surface area (Å²) in [5.74, 6) is -0.773. The third-order valence-corrected chi connectivity index (χ3v) is 4.72. The maximum atomic E-state index is 12.3. The van der Waals surface area contributed by atoms with Crippen LogP contribution >= 0.6 is 0 Å². The molecular weight excluding hydrogens is 337 g/mol. The SMILES string of the molecule is O=C1CCC(NS(=O)(=O)c2cccc(OC(F)(F)F)c2)CCN1. The molecule has 1 heterocycles. The second-order valence-corrected chi connectivity index (χ2v) is 6.73. The van der Waals surface area contributed by atoms with Crippen LogP contribution in [-0.2, 0) is 14.8 Å². The number of alkyl halides is 3. The first-order valence-electron chi connectivity index (χ1n) is 6.80. The molecule has 1 aromatic carbocycles. The molecule has 1 saturated heterocycles. The summed E-state index contributed by atoms with van der Waals surface area (Å²) in [6.45, 7) is 0.337. The largest absolute Gasteiger partial charge is 0.573 e. The smallest absolute Gasteiger partial charge is 0.406 e. The highest BCUT2D eigenvalue weighted by atomic mass is 32.2. The number of sulfonamides is 1. The number of rotatable bonds is 4. The lowest BCUT2D eigenvalue weighted by Gasteiger charge is -2.16. The normalized spacial score (nSPS) is 19.8. The van der Waals surface area contributed by atoms with Gasteiger partial charge in [0.25, 0.3) is 0 Å². The summed E-state index contributed by atoms with van der Waals surface area (Å²) >= 11 is 0. The van der Waals surface area contributed by atoms with Crippen LogP contribution in [-0.4, -0.2) is 33.3 Å². The van der Waals surface area contributed by atoms with Crippen molar-refractivity contribution in [2.75, 3.05) is 6.54 Å². The van der Waals surface area contributed by atoms with E-state index in [4.69, 9.17) is 0 Å². The van der Waals surface area contributed by atoms with Crippen molar-refractivity contribution in [1.29, 1.82) is 0 Å². The summed E-state index contributed by atoms with van der Waals surface area (Å²) in [5.41, 5.74) is 0. The number of carbonyl (C=O) groups excluding carboxylic acids is 1. The van der Waals surface area contributed by atoms with Crippen LogP contribution in [0.15, 0.2) is 29.2 Å². The molecule has 1 fully saturated rings. The second kappa shape index (κ2) is 6.75. The van der Waals surface area contributed by atoms with Crippen molar-refractivity contribution in [1.82, 2.24) is 10.0 Å². The van der Waals surface area contributed by atoms with Crippen LogP contribution in [0.3, 0.4) is 0 Å². The molecule has 23 heavy (non-hydrogen) atoms. The Balaban J connectivity index is 2.13. The molecule has 0 spiro atoms. The van der Waals surface area contributed by atoms with Crippen molar-refractivity contribution < 1.29 is 31.1 Å². The predicted molar refractivity (Wildman–Crippen MR) is 74.1 cm³/mol. The van der Waals surface area contributed by atoms with Crippen LogP contribution in [0.2, 0.25) is 0 Å². The Bertz CT molecular complexity index is 676. The van der Waals surface area contributed by atoms with Crippen LogP contribution < -0.4 is 14.8 Å². The summed E-state index contributed by atoms with van der Waals surface area (Å²) < 4.78 is 67.2. The molecule has 2 rings (SSSR count). The standard InChI is InChI=1S/C13H15F3N2O4S/c14-13(15,16)22-10-2-1-3-11(8-10)23(20,21)18-9-4-5-12(19)17-7-6-9/h1-3,8-9,18H,4-7H2,(H,17,19). The Morgan fingerprint density at radius 2 is 2.00 bits per heavy atom. The van der Waals surface area contributed by atoms with E-state index in [1.165, 1.54) is 6.07 Å². The molecule has 1 atom stereocenters. The first-order valence-corrected chi connectivity index (χ1v) is 8.29. The molecule has 1 aromatic rings. The van der Waals surface area contributed by atoms with Gasteiger partial charge >= 0.3 is 6.36 Å². The first kappa shape index (κ1) is 17.5. The van der Waals surface area contributed by atoms with Crippen LogP contribution in [0.1, 0.15) is 19.3 Å². The zero-order valence-electron chi connectivity index (χ0n) is 11.9. The Morgan fingerprint density at radius 1 is 1.26 bits per heavy atom. The number of amides is 1. The lowest BCUT2D eigenvalue weighted by Crippen LogP contribution is -2.35. The molecule has 1 unspecified atom stereocenters. The van der Waals surface area contributed by atoms with Crippen molar-refractivity contribution in [2.45, 2.75) is 36.6 Å². The van der Waals surface area contributed by atoms with Gasteiger partial charge in [0.05, 0.1) is 4.90 Å². The van der Waals surface area contributed by atoms with Crippen molar-refractivity contribution in [2.24, 2.45) is 0 Å². The van der Waals surface area contributed by atoms with E-state index in [-0.39, 0.29) is 17.2 Å². The molecule has 0 bridgehead atoms. The molecule has 1 aliphatic heterocycles. The summed E-state index contributed by atoms with van der Waals surface area (Å²) in [6, 6.07) is 3.68. The summed E-state index contributed by atoms with van der Waals surface area (Å²) in [4.78, 5) is 10.9. The van der Waals surface area contributed by atoms with Gasteiger partial charge < -0.3 is 10.1 Å². The molecule has 6 nitrogen and oxygen atoms in total. The summed E-state index contributed by atoms with van der Waals surface area (Å²) in [6.07, 6.45) is -3.99. The average Bonchev–Trinajstić information content (AvgIpc) is 2.62. The Hall–Kier alpha value is -1.81. The molecule has 2 N–H and O–H groups in total. The fourth-order valence-corrected chi connectivity index (χ4v) is 3.51. The molecule has 1 amide bonds. The minimum absolute atomic E-state index is 0.160. The molecule has 0 aliphatic carbocycles. The van der Waals surface area contributed by atoms with Gasteiger partial charge in [0.2, 0.25) is 15.9 Å². The van der Waals surface area contributed by atoms with Gasteiger partial charge in [-0.3, -0.25) is 4.79 Å². The van der Waals surface area contributed by atoms with E-state index in [0.29, 0.717) is 19.4 Å². The van der Waals surface area contributed by atoms with Gasteiger partial charge in [0.1, 0.15) is 5.75 Å². The lowest BCUT2D eigenvalue weighted by atomic mass is 10.1.